The predicted molar refractivity (Wildman–Crippen MR) is 60.5 cm³/mol. The lowest BCUT2D eigenvalue weighted by Gasteiger charge is -2.10. The number of hydrogen-bond acceptors (Lipinski definition) is 2. The second-order valence-corrected chi connectivity index (χ2v) is 4.58. The van der Waals surface area contributed by atoms with Crippen LogP contribution in [0.25, 0.3) is 0 Å². The average Bonchev–Trinajstić information content (AvgIpc) is 2.67. The summed E-state index contributed by atoms with van der Waals surface area (Å²) in [6.45, 7) is 2.07. The molecule has 1 heterocycles. The zero-order valence-electron chi connectivity index (χ0n) is 8.07. The van der Waals surface area contributed by atoms with Gasteiger partial charge in [-0.05, 0) is 12.5 Å². The highest BCUT2D eigenvalue weighted by Crippen LogP contribution is 2.39. The minimum absolute atomic E-state index is 0.257. The summed E-state index contributed by atoms with van der Waals surface area (Å²) >= 11 is 1.81. The Morgan fingerprint density at radius 2 is 2.07 bits per heavy atom. The lowest BCUT2D eigenvalue weighted by molar-refractivity contribution is -0.105. The van der Waals surface area contributed by atoms with Crippen LogP contribution in [0.3, 0.4) is 0 Å². The van der Waals surface area contributed by atoms with Crippen LogP contribution in [0.1, 0.15) is 16.4 Å². The first-order valence-electron chi connectivity index (χ1n) is 4.64. The summed E-state index contributed by atoms with van der Waals surface area (Å²) in [5.41, 5.74) is 3.41. The maximum absolute atomic E-state index is 10.8. The molecule has 0 saturated carbocycles. The van der Waals surface area contributed by atoms with Crippen LogP contribution in [0, 0.1) is 6.92 Å². The molecule has 0 fully saturated rings. The summed E-state index contributed by atoms with van der Waals surface area (Å²) in [5, 5.41) is 0.257. The van der Waals surface area contributed by atoms with Crippen LogP contribution in [0.2, 0.25) is 0 Å². The van der Waals surface area contributed by atoms with Gasteiger partial charge in [-0.15, -0.1) is 11.8 Å². The molecular weight excluding hydrogens is 192 g/mol. The minimum atomic E-state index is 0.257. The van der Waals surface area contributed by atoms with E-state index < -0.39 is 0 Å². The van der Waals surface area contributed by atoms with E-state index in [-0.39, 0.29) is 5.25 Å². The number of thioether (sulfide) groups is 1. The van der Waals surface area contributed by atoms with Gasteiger partial charge in [0.2, 0.25) is 0 Å². The Labute approximate surface area is 88.2 Å². The molecule has 0 N–H and O–H groups in total. The van der Waals surface area contributed by atoms with Gasteiger partial charge in [-0.25, -0.2) is 0 Å². The molecule has 0 saturated heterocycles. The number of hydrogen-bond donors (Lipinski definition) is 0. The van der Waals surface area contributed by atoms with Gasteiger partial charge < -0.3 is 0 Å². The van der Waals surface area contributed by atoms with E-state index in [1.54, 1.807) is 0 Å². The van der Waals surface area contributed by atoms with E-state index >= 15 is 0 Å². The van der Waals surface area contributed by atoms with E-state index in [2.05, 4.69) is 31.2 Å². The smallest absolute Gasteiger partial charge is 0.147 e. The van der Waals surface area contributed by atoms with Crippen LogP contribution in [0.5, 0.6) is 0 Å². The van der Waals surface area contributed by atoms with E-state index in [4.69, 9.17) is 0 Å². The molecule has 1 aromatic rings. The summed E-state index contributed by atoms with van der Waals surface area (Å²) in [6.07, 6.45) is 2.99. The van der Waals surface area contributed by atoms with Crippen molar-refractivity contribution in [2.75, 3.05) is 5.75 Å². The summed E-state index contributed by atoms with van der Waals surface area (Å²) in [5.74, 6) is 0.951. The summed E-state index contributed by atoms with van der Waals surface area (Å²) in [4.78, 5) is 10.8. The second-order valence-electron chi connectivity index (χ2n) is 3.45. The van der Waals surface area contributed by atoms with Gasteiger partial charge in [0.25, 0.3) is 0 Å². The van der Waals surface area contributed by atoms with Crippen LogP contribution >= 0.6 is 11.8 Å². The topological polar surface area (TPSA) is 17.1 Å². The third kappa shape index (κ3) is 1.75. The largest absolute Gasteiger partial charge is 0.298 e. The SMILES string of the molecule is Cc1ccc([C@H]2SCC=C2C=O)cc1. The maximum atomic E-state index is 10.8. The Kier molecular flexibility index (Phi) is 2.73. The van der Waals surface area contributed by atoms with E-state index in [1.165, 1.54) is 11.1 Å². The van der Waals surface area contributed by atoms with E-state index in [1.807, 2.05) is 17.8 Å². The maximum Gasteiger partial charge on any atom is 0.147 e. The molecular formula is C12H12OS. The molecule has 2 heteroatoms. The fraction of sp³-hybridized carbons (Fsp3) is 0.250. The van der Waals surface area contributed by atoms with Crippen molar-refractivity contribution in [3.8, 4) is 0 Å². The third-order valence-electron chi connectivity index (χ3n) is 2.40. The molecule has 0 aromatic heterocycles. The van der Waals surface area contributed by atoms with E-state index in [0.29, 0.717) is 0 Å². The zero-order valence-corrected chi connectivity index (χ0v) is 8.88. The van der Waals surface area contributed by atoms with E-state index in [9.17, 15) is 4.79 Å². The van der Waals surface area contributed by atoms with Gasteiger partial charge in [0.05, 0.1) is 5.25 Å². The van der Waals surface area contributed by atoms with Crippen molar-refractivity contribution < 1.29 is 4.79 Å². The third-order valence-corrected chi connectivity index (χ3v) is 3.64. The monoisotopic (exact) mass is 204 g/mol. The zero-order chi connectivity index (χ0) is 9.97. The molecule has 0 radical (unpaired) electrons. The standard InChI is InChI=1S/C12H12OS/c1-9-2-4-10(5-3-9)12-11(8-13)6-7-14-12/h2-6,8,12H,7H2,1H3/t12-/m1/s1. The van der Waals surface area contributed by atoms with Crippen LogP contribution in [-0.2, 0) is 4.79 Å². The number of aldehydes is 1. The highest BCUT2D eigenvalue weighted by molar-refractivity contribution is 8.00. The van der Waals surface area contributed by atoms with Gasteiger partial charge in [0, 0.05) is 11.3 Å². The second kappa shape index (κ2) is 4.01. The van der Waals surface area contributed by atoms with Gasteiger partial charge in [0.1, 0.15) is 6.29 Å². The quantitative estimate of drug-likeness (QED) is 0.689. The lowest BCUT2D eigenvalue weighted by atomic mass is 10.0. The first-order chi connectivity index (χ1) is 6.81. The molecule has 14 heavy (non-hydrogen) atoms. The fourth-order valence-electron chi connectivity index (χ4n) is 1.58. The first kappa shape index (κ1) is 9.53. The number of carbonyl (C=O) groups excluding carboxylic acids is 1. The molecule has 1 aliphatic heterocycles. The number of rotatable bonds is 2. The molecule has 0 bridgehead atoms. The minimum Gasteiger partial charge on any atom is -0.298 e. The van der Waals surface area contributed by atoms with Gasteiger partial charge in [-0.3, -0.25) is 4.79 Å². The van der Waals surface area contributed by atoms with Gasteiger partial charge in [-0.2, -0.15) is 0 Å². The van der Waals surface area contributed by atoms with E-state index in [0.717, 1.165) is 17.6 Å². The number of aryl methyl sites for hydroxylation is 1. The Balaban J connectivity index is 2.27. The lowest BCUT2D eigenvalue weighted by Crippen LogP contribution is -1.95. The molecule has 0 amide bonds. The van der Waals surface area contributed by atoms with Gasteiger partial charge in [0.15, 0.2) is 0 Å². The normalized spacial score (nSPS) is 20.6. The molecule has 0 spiro atoms. The molecule has 72 valence electrons. The molecule has 1 atom stereocenters. The van der Waals surface area contributed by atoms with Crippen LogP contribution in [0.4, 0.5) is 0 Å². The number of carbonyl (C=O) groups is 1. The van der Waals surface area contributed by atoms with Crippen molar-refractivity contribution in [2.24, 2.45) is 0 Å². The molecule has 0 unspecified atom stereocenters. The molecule has 1 nitrogen and oxygen atoms in total. The van der Waals surface area contributed by atoms with Crippen molar-refractivity contribution >= 4 is 18.0 Å². The van der Waals surface area contributed by atoms with Crippen molar-refractivity contribution in [3.63, 3.8) is 0 Å². The molecule has 1 aliphatic rings. The summed E-state index contributed by atoms with van der Waals surface area (Å²) in [6, 6.07) is 8.40. The summed E-state index contributed by atoms with van der Waals surface area (Å²) < 4.78 is 0. The van der Waals surface area contributed by atoms with Crippen molar-refractivity contribution in [1.82, 2.24) is 0 Å². The van der Waals surface area contributed by atoms with Crippen molar-refractivity contribution in [3.05, 3.63) is 47.0 Å². The predicted octanol–water partition coefficient (Wildman–Crippen LogP) is 2.91. The molecule has 1 aromatic carbocycles. The van der Waals surface area contributed by atoms with Crippen LogP contribution in [-0.4, -0.2) is 12.0 Å². The van der Waals surface area contributed by atoms with Gasteiger partial charge in [-0.1, -0.05) is 35.9 Å². The Bertz CT molecular complexity index is 364. The Morgan fingerprint density at radius 3 is 2.71 bits per heavy atom. The Morgan fingerprint density at radius 1 is 1.36 bits per heavy atom. The molecule has 0 aliphatic carbocycles. The van der Waals surface area contributed by atoms with Crippen LogP contribution < -0.4 is 0 Å². The molecule has 2 rings (SSSR count). The van der Waals surface area contributed by atoms with Crippen molar-refractivity contribution in [2.45, 2.75) is 12.2 Å². The summed E-state index contributed by atoms with van der Waals surface area (Å²) in [7, 11) is 0. The fourth-order valence-corrected chi connectivity index (χ4v) is 2.76. The highest BCUT2D eigenvalue weighted by Gasteiger charge is 2.20. The van der Waals surface area contributed by atoms with Crippen molar-refractivity contribution in [1.29, 1.82) is 0 Å². The van der Waals surface area contributed by atoms with Crippen LogP contribution in [0.15, 0.2) is 35.9 Å². The first-order valence-corrected chi connectivity index (χ1v) is 5.69. The van der Waals surface area contributed by atoms with Gasteiger partial charge >= 0.3 is 0 Å². The average molecular weight is 204 g/mol. The number of benzene rings is 1. The Hall–Kier alpha value is -1.02. The highest BCUT2D eigenvalue weighted by atomic mass is 32.2.